The van der Waals surface area contributed by atoms with Crippen LogP contribution in [-0.4, -0.2) is 5.11 Å². The molecule has 1 nitrogen and oxygen atoms in total. The first kappa shape index (κ1) is 11.5. The summed E-state index contributed by atoms with van der Waals surface area (Å²) in [7, 11) is 0. The molecule has 0 heterocycles. The molecule has 0 aromatic heterocycles. The van der Waals surface area contributed by atoms with Gasteiger partial charge in [-0.2, -0.15) is 13.2 Å². The van der Waals surface area contributed by atoms with Gasteiger partial charge in [0.1, 0.15) is 0 Å². The number of rotatable bonds is 2. The lowest BCUT2D eigenvalue weighted by atomic mass is 9.91. The van der Waals surface area contributed by atoms with E-state index in [1.165, 1.54) is 6.07 Å². The van der Waals surface area contributed by atoms with Crippen LogP contribution in [0.1, 0.15) is 36.5 Å². The first-order valence-electron chi connectivity index (χ1n) is 5.18. The summed E-state index contributed by atoms with van der Waals surface area (Å²) in [6.45, 7) is 1.48. The molecule has 0 amide bonds. The quantitative estimate of drug-likeness (QED) is 0.826. The molecule has 0 unspecified atom stereocenters. The largest absolute Gasteiger partial charge is 0.416 e. The molecule has 1 aromatic rings. The zero-order chi connectivity index (χ0) is 12.0. The first-order chi connectivity index (χ1) is 7.37. The number of aliphatic hydroxyl groups excluding tert-OH is 1. The van der Waals surface area contributed by atoms with E-state index in [0.29, 0.717) is 11.1 Å². The fraction of sp³-hybridized carbons (Fsp3) is 0.500. The Morgan fingerprint density at radius 3 is 2.38 bits per heavy atom. The fourth-order valence-electron chi connectivity index (χ4n) is 1.91. The molecule has 0 saturated heterocycles. The van der Waals surface area contributed by atoms with Gasteiger partial charge in [-0.15, -0.1) is 0 Å². The zero-order valence-electron chi connectivity index (χ0n) is 8.93. The molecule has 4 heteroatoms. The van der Waals surface area contributed by atoms with E-state index in [1.807, 2.05) is 6.92 Å². The minimum Gasteiger partial charge on any atom is -0.392 e. The highest BCUT2D eigenvalue weighted by Gasteiger charge is 2.45. The number of hydrogen-bond donors (Lipinski definition) is 1. The molecule has 1 aliphatic carbocycles. The highest BCUT2D eigenvalue weighted by atomic mass is 19.4. The lowest BCUT2D eigenvalue weighted by Crippen LogP contribution is -2.14. The number of alkyl halides is 3. The molecule has 1 aliphatic rings. The average molecular weight is 230 g/mol. The molecule has 1 N–H and O–H groups in total. The summed E-state index contributed by atoms with van der Waals surface area (Å²) in [6, 6.07) is 4.12. The molecule has 0 aliphatic heterocycles. The topological polar surface area (TPSA) is 20.2 Å². The van der Waals surface area contributed by atoms with Gasteiger partial charge in [-0.05, 0) is 35.4 Å². The lowest BCUT2D eigenvalue weighted by Gasteiger charge is -2.18. The molecule has 1 aromatic carbocycles. The van der Waals surface area contributed by atoms with Crippen molar-refractivity contribution in [2.24, 2.45) is 0 Å². The van der Waals surface area contributed by atoms with Gasteiger partial charge >= 0.3 is 6.18 Å². The van der Waals surface area contributed by atoms with Crippen LogP contribution >= 0.6 is 0 Å². The van der Waals surface area contributed by atoms with E-state index in [2.05, 4.69) is 0 Å². The molecule has 1 saturated carbocycles. The Bertz CT molecular complexity index is 405. The summed E-state index contributed by atoms with van der Waals surface area (Å²) in [5, 5.41) is 8.87. The fourth-order valence-corrected chi connectivity index (χ4v) is 1.91. The molecular formula is C12H13F3O. The predicted octanol–water partition coefficient (Wildman–Crippen LogP) is 3.25. The van der Waals surface area contributed by atoms with Gasteiger partial charge < -0.3 is 5.11 Å². The standard InChI is InChI=1S/C12H13F3O/c1-11(4-5-11)9-3-2-8(7-16)6-10(9)12(13,14)15/h2-3,6,16H,4-5,7H2,1H3. The second kappa shape index (κ2) is 3.48. The second-order valence-corrected chi connectivity index (χ2v) is 4.60. The van der Waals surface area contributed by atoms with Gasteiger partial charge in [0, 0.05) is 0 Å². The summed E-state index contributed by atoms with van der Waals surface area (Å²) >= 11 is 0. The van der Waals surface area contributed by atoms with Crippen LogP contribution in [0.2, 0.25) is 0 Å². The van der Waals surface area contributed by atoms with E-state index in [-0.39, 0.29) is 12.0 Å². The molecule has 88 valence electrons. The number of halogens is 3. The molecule has 0 bridgehead atoms. The van der Waals surface area contributed by atoms with Gasteiger partial charge in [-0.3, -0.25) is 0 Å². The third-order valence-corrected chi connectivity index (χ3v) is 3.22. The van der Waals surface area contributed by atoms with E-state index < -0.39 is 11.7 Å². The Labute approximate surface area is 91.9 Å². The van der Waals surface area contributed by atoms with E-state index in [9.17, 15) is 13.2 Å². The van der Waals surface area contributed by atoms with Crippen molar-refractivity contribution in [2.45, 2.75) is 38.0 Å². The van der Waals surface area contributed by atoms with Crippen LogP contribution in [0.15, 0.2) is 18.2 Å². The number of aliphatic hydroxyl groups is 1. The van der Waals surface area contributed by atoms with Crippen molar-refractivity contribution in [3.05, 3.63) is 34.9 Å². The monoisotopic (exact) mass is 230 g/mol. The van der Waals surface area contributed by atoms with Crippen molar-refractivity contribution in [1.29, 1.82) is 0 Å². The van der Waals surface area contributed by atoms with Crippen LogP contribution in [0.4, 0.5) is 13.2 Å². The summed E-state index contributed by atoms with van der Waals surface area (Å²) < 4.78 is 38.5. The second-order valence-electron chi connectivity index (χ2n) is 4.60. The third-order valence-electron chi connectivity index (χ3n) is 3.22. The maximum absolute atomic E-state index is 12.8. The molecule has 0 spiro atoms. The van der Waals surface area contributed by atoms with Crippen molar-refractivity contribution in [1.82, 2.24) is 0 Å². The Morgan fingerprint density at radius 2 is 1.94 bits per heavy atom. The maximum atomic E-state index is 12.8. The van der Waals surface area contributed by atoms with Gasteiger partial charge in [0.2, 0.25) is 0 Å². The van der Waals surface area contributed by atoms with Gasteiger partial charge in [-0.1, -0.05) is 19.1 Å². The van der Waals surface area contributed by atoms with Crippen LogP contribution < -0.4 is 0 Å². The predicted molar refractivity (Wildman–Crippen MR) is 54.0 cm³/mol. The van der Waals surface area contributed by atoms with Crippen LogP contribution in [0.5, 0.6) is 0 Å². The normalized spacial score (nSPS) is 18.6. The Kier molecular flexibility index (Phi) is 2.49. The van der Waals surface area contributed by atoms with Crippen molar-refractivity contribution < 1.29 is 18.3 Å². The number of benzene rings is 1. The Balaban J connectivity index is 2.52. The average Bonchev–Trinajstić information content (AvgIpc) is 2.95. The SMILES string of the molecule is CC1(c2ccc(CO)cc2C(F)(F)F)CC1. The smallest absolute Gasteiger partial charge is 0.392 e. The minimum absolute atomic E-state index is 0.306. The van der Waals surface area contributed by atoms with E-state index in [0.717, 1.165) is 18.9 Å². The summed E-state index contributed by atoms with van der Waals surface area (Å²) in [5.41, 5.74) is -0.254. The van der Waals surface area contributed by atoms with Crippen molar-refractivity contribution in [3.8, 4) is 0 Å². The van der Waals surface area contributed by atoms with E-state index >= 15 is 0 Å². The Morgan fingerprint density at radius 1 is 1.31 bits per heavy atom. The third kappa shape index (κ3) is 1.94. The van der Waals surface area contributed by atoms with Gasteiger partial charge in [0.25, 0.3) is 0 Å². The highest BCUT2D eigenvalue weighted by Crippen LogP contribution is 2.51. The minimum atomic E-state index is -4.34. The molecule has 0 atom stereocenters. The van der Waals surface area contributed by atoms with E-state index in [1.54, 1.807) is 6.07 Å². The van der Waals surface area contributed by atoms with Crippen molar-refractivity contribution in [3.63, 3.8) is 0 Å². The van der Waals surface area contributed by atoms with Gasteiger partial charge in [-0.25, -0.2) is 0 Å². The molecule has 1 fully saturated rings. The lowest BCUT2D eigenvalue weighted by molar-refractivity contribution is -0.138. The Hall–Kier alpha value is -1.03. The van der Waals surface area contributed by atoms with Crippen molar-refractivity contribution in [2.75, 3.05) is 0 Å². The van der Waals surface area contributed by atoms with Crippen LogP contribution in [0.3, 0.4) is 0 Å². The van der Waals surface area contributed by atoms with Crippen LogP contribution in [0, 0.1) is 0 Å². The van der Waals surface area contributed by atoms with Crippen molar-refractivity contribution >= 4 is 0 Å². The van der Waals surface area contributed by atoms with Crippen LogP contribution in [0.25, 0.3) is 0 Å². The summed E-state index contributed by atoms with van der Waals surface area (Å²) in [4.78, 5) is 0. The zero-order valence-corrected chi connectivity index (χ0v) is 8.93. The van der Waals surface area contributed by atoms with Crippen LogP contribution in [-0.2, 0) is 18.2 Å². The van der Waals surface area contributed by atoms with E-state index in [4.69, 9.17) is 5.11 Å². The summed E-state index contributed by atoms with van der Waals surface area (Å²) in [6.07, 6.45) is -2.74. The maximum Gasteiger partial charge on any atom is 0.416 e. The highest BCUT2D eigenvalue weighted by molar-refractivity contribution is 5.41. The molecule has 2 rings (SSSR count). The molecular weight excluding hydrogens is 217 g/mol. The van der Waals surface area contributed by atoms with Gasteiger partial charge in [0.15, 0.2) is 0 Å². The summed E-state index contributed by atoms with van der Waals surface area (Å²) in [5.74, 6) is 0. The molecule has 0 radical (unpaired) electrons. The van der Waals surface area contributed by atoms with Gasteiger partial charge in [0.05, 0.1) is 12.2 Å². The number of hydrogen-bond acceptors (Lipinski definition) is 1. The molecule has 16 heavy (non-hydrogen) atoms. The first-order valence-corrected chi connectivity index (χ1v) is 5.18.